The highest BCUT2D eigenvalue weighted by Gasteiger charge is 2.49. The van der Waals surface area contributed by atoms with Crippen LogP contribution in [-0.2, 0) is 33.4 Å². The number of hydrogen-bond acceptors (Lipinski definition) is 8. The second-order valence-electron chi connectivity index (χ2n) is 10.9. The van der Waals surface area contributed by atoms with E-state index in [0.717, 1.165) is 18.4 Å². The van der Waals surface area contributed by atoms with Gasteiger partial charge in [0.1, 0.15) is 0 Å². The number of amides is 3. The van der Waals surface area contributed by atoms with Gasteiger partial charge in [0.25, 0.3) is 0 Å². The SMILES string of the molecule is O=C(CCOCCOCCOCCNC(=O)[C@H]1CC(=O)N(C2CC2)[C@@H]1c1cccnc1)NC1CCC(C(=O)O)CC1. The summed E-state index contributed by atoms with van der Waals surface area (Å²) < 4.78 is 16.5. The Hall–Kier alpha value is -3.09. The van der Waals surface area contributed by atoms with Crippen LogP contribution in [0.4, 0.5) is 0 Å². The van der Waals surface area contributed by atoms with Gasteiger partial charge in [-0.15, -0.1) is 0 Å². The minimum atomic E-state index is -0.754. The van der Waals surface area contributed by atoms with Crippen molar-refractivity contribution in [3.05, 3.63) is 30.1 Å². The normalized spacial score (nSPS) is 24.3. The molecule has 2 aliphatic carbocycles. The third kappa shape index (κ3) is 9.47. The van der Waals surface area contributed by atoms with Crippen LogP contribution in [0.25, 0.3) is 0 Å². The third-order valence-corrected chi connectivity index (χ3v) is 7.87. The Balaban J connectivity index is 0.990. The van der Waals surface area contributed by atoms with Crippen molar-refractivity contribution >= 4 is 23.7 Å². The van der Waals surface area contributed by atoms with Gasteiger partial charge in [-0.25, -0.2) is 0 Å². The van der Waals surface area contributed by atoms with Crippen LogP contribution in [0.2, 0.25) is 0 Å². The van der Waals surface area contributed by atoms with Crippen LogP contribution in [0.1, 0.15) is 63.0 Å². The number of likely N-dealkylation sites (tertiary alicyclic amines) is 1. The Kier molecular flexibility index (Phi) is 11.9. The van der Waals surface area contributed by atoms with E-state index in [1.807, 2.05) is 17.0 Å². The van der Waals surface area contributed by atoms with E-state index in [9.17, 15) is 19.2 Å². The van der Waals surface area contributed by atoms with Crippen molar-refractivity contribution in [2.45, 2.75) is 69.5 Å². The van der Waals surface area contributed by atoms with Gasteiger partial charge in [-0.1, -0.05) is 6.07 Å². The lowest BCUT2D eigenvalue weighted by atomic mass is 9.86. The summed E-state index contributed by atoms with van der Waals surface area (Å²) in [5.74, 6) is -1.70. The molecule has 4 rings (SSSR count). The quantitative estimate of drug-likeness (QED) is 0.234. The number of carboxylic acid groups (broad SMARTS) is 1. The molecule has 1 saturated heterocycles. The first-order chi connectivity index (χ1) is 19.9. The highest BCUT2D eigenvalue weighted by Crippen LogP contribution is 2.44. The molecule has 2 saturated carbocycles. The largest absolute Gasteiger partial charge is 0.481 e. The van der Waals surface area contributed by atoms with E-state index in [1.54, 1.807) is 12.4 Å². The second kappa shape index (κ2) is 15.8. The molecular formula is C29H42N4O8. The molecule has 2 heterocycles. The minimum Gasteiger partial charge on any atom is -0.481 e. The molecule has 2 atom stereocenters. The summed E-state index contributed by atoms with van der Waals surface area (Å²) >= 11 is 0. The highest BCUT2D eigenvalue weighted by atomic mass is 16.5. The summed E-state index contributed by atoms with van der Waals surface area (Å²) in [7, 11) is 0. The monoisotopic (exact) mass is 574 g/mol. The Morgan fingerprint density at radius 3 is 2.27 bits per heavy atom. The zero-order chi connectivity index (χ0) is 29.0. The van der Waals surface area contributed by atoms with E-state index in [4.69, 9.17) is 19.3 Å². The number of carbonyl (C=O) groups is 4. The lowest BCUT2D eigenvalue weighted by Crippen LogP contribution is -2.39. The molecule has 0 radical (unpaired) electrons. The number of pyridine rings is 1. The molecule has 3 N–H and O–H groups in total. The maximum Gasteiger partial charge on any atom is 0.306 e. The molecule has 3 amide bonds. The molecule has 0 bridgehead atoms. The maximum atomic E-state index is 13.0. The van der Waals surface area contributed by atoms with E-state index < -0.39 is 11.9 Å². The molecule has 226 valence electrons. The number of aromatic nitrogens is 1. The van der Waals surface area contributed by atoms with Crippen molar-refractivity contribution < 1.29 is 38.5 Å². The van der Waals surface area contributed by atoms with Crippen LogP contribution in [0, 0.1) is 11.8 Å². The number of ether oxygens (including phenoxy) is 3. The standard InChI is InChI=1S/C29H42N4O8/c34-25(32-22-5-3-20(4-6-22)29(37)38)9-12-39-14-16-41-17-15-40-13-11-31-28(36)24-18-26(35)33(23-7-8-23)27(24)21-2-1-10-30-19-21/h1-2,10,19-20,22-24,27H,3-9,11-18H2,(H,31,36)(H,32,34)(H,37,38)/t20?,22?,24-,27+/m0/s1. The Bertz CT molecular complexity index is 1010. The number of aliphatic carboxylic acids is 1. The molecule has 3 fully saturated rings. The van der Waals surface area contributed by atoms with E-state index in [-0.39, 0.29) is 54.6 Å². The van der Waals surface area contributed by atoms with Crippen molar-refractivity contribution in [3.8, 4) is 0 Å². The molecular weight excluding hydrogens is 532 g/mol. The number of hydrogen-bond donors (Lipinski definition) is 3. The highest BCUT2D eigenvalue weighted by molar-refractivity contribution is 5.90. The van der Waals surface area contributed by atoms with Crippen LogP contribution in [-0.4, -0.2) is 97.0 Å². The Labute approximate surface area is 240 Å². The molecule has 12 nitrogen and oxygen atoms in total. The maximum absolute atomic E-state index is 13.0. The average molecular weight is 575 g/mol. The number of carboxylic acids is 1. The van der Waals surface area contributed by atoms with Crippen molar-refractivity contribution in [3.63, 3.8) is 0 Å². The Morgan fingerprint density at radius 1 is 0.951 bits per heavy atom. The minimum absolute atomic E-state index is 0.0267. The Morgan fingerprint density at radius 2 is 1.63 bits per heavy atom. The number of nitrogens with one attached hydrogen (secondary N) is 2. The number of nitrogens with zero attached hydrogens (tertiary/aromatic N) is 2. The summed E-state index contributed by atoms with van der Waals surface area (Å²) in [5, 5.41) is 14.9. The van der Waals surface area contributed by atoms with E-state index in [2.05, 4.69) is 15.6 Å². The van der Waals surface area contributed by atoms with Crippen LogP contribution in [0.15, 0.2) is 24.5 Å². The summed E-state index contributed by atoms with van der Waals surface area (Å²) in [4.78, 5) is 54.8. The summed E-state index contributed by atoms with van der Waals surface area (Å²) in [6.45, 7) is 2.48. The van der Waals surface area contributed by atoms with Gasteiger partial charge in [0.2, 0.25) is 17.7 Å². The van der Waals surface area contributed by atoms with Gasteiger partial charge >= 0.3 is 5.97 Å². The topological polar surface area (TPSA) is 156 Å². The van der Waals surface area contributed by atoms with Gasteiger partial charge in [0.05, 0.1) is 57.5 Å². The van der Waals surface area contributed by atoms with Gasteiger partial charge in [-0.2, -0.15) is 0 Å². The molecule has 1 aliphatic heterocycles. The van der Waals surface area contributed by atoms with E-state index >= 15 is 0 Å². The van der Waals surface area contributed by atoms with Crippen molar-refractivity contribution in [2.75, 3.05) is 46.2 Å². The smallest absolute Gasteiger partial charge is 0.306 e. The molecule has 0 unspecified atom stereocenters. The van der Waals surface area contributed by atoms with Crippen LogP contribution >= 0.6 is 0 Å². The molecule has 0 spiro atoms. The first-order valence-corrected chi connectivity index (χ1v) is 14.7. The fourth-order valence-corrected chi connectivity index (χ4v) is 5.59. The zero-order valence-corrected chi connectivity index (χ0v) is 23.5. The van der Waals surface area contributed by atoms with Crippen LogP contribution in [0.5, 0.6) is 0 Å². The van der Waals surface area contributed by atoms with Crippen molar-refractivity contribution in [1.82, 2.24) is 20.5 Å². The number of carbonyl (C=O) groups excluding carboxylic acids is 3. The first kappa shape index (κ1) is 30.9. The molecule has 3 aliphatic rings. The number of rotatable bonds is 17. The fraction of sp³-hybridized carbons (Fsp3) is 0.690. The summed E-state index contributed by atoms with van der Waals surface area (Å²) in [5.41, 5.74) is 0.891. The van der Waals surface area contributed by atoms with Crippen molar-refractivity contribution in [1.29, 1.82) is 0 Å². The lowest BCUT2D eigenvalue weighted by molar-refractivity contribution is -0.143. The molecule has 41 heavy (non-hydrogen) atoms. The van der Waals surface area contributed by atoms with Crippen molar-refractivity contribution in [2.24, 2.45) is 11.8 Å². The average Bonchev–Trinajstić information content (AvgIpc) is 3.75. The van der Waals surface area contributed by atoms with Gasteiger partial charge in [0, 0.05) is 43.9 Å². The molecule has 1 aromatic rings. The zero-order valence-electron chi connectivity index (χ0n) is 23.5. The van der Waals surface area contributed by atoms with E-state index in [1.165, 1.54) is 0 Å². The van der Waals surface area contributed by atoms with Crippen LogP contribution in [0.3, 0.4) is 0 Å². The second-order valence-corrected chi connectivity index (χ2v) is 10.9. The first-order valence-electron chi connectivity index (χ1n) is 14.7. The van der Waals surface area contributed by atoms with Crippen LogP contribution < -0.4 is 10.6 Å². The predicted octanol–water partition coefficient (Wildman–Crippen LogP) is 1.45. The summed E-state index contributed by atoms with van der Waals surface area (Å²) in [6.07, 6.45) is 8.44. The summed E-state index contributed by atoms with van der Waals surface area (Å²) in [6, 6.07) is 3.75. The third-order valence-electron chi connectivity index (χ3n) is 7.87. The van der Waals surface area contributed by atoms with Gasteiger partial charge in [-0.05, 0) is 50.2 Å². The van der Waals surface area contributed by atoms with E-state index in [0.29, 0.717) is 71.9 Å². The fourth-order valence-electron chi connectivity index (χ4n) is 5.59. The van der Waals surface area contributed by atoms with Gasteiger partial charge < -0.3 is 34.9 Å². The molecule has 1 aromatic heterocycles. The van der Waals surface area contributed by atoms with Gasteiger partial charge in [0.15, 0.2) is 0 Å². The molecule has 0 aromatic carbocycles. The van der Waals surface area contributed by atoms with Gasteiger partial charge in [-0.3, -0.25) is 24.2 Å². The lowest BCUT2D eigenvalue weighted by Gasteiger charge is -2.28. The predicted molar refractivity (Wildman–Crippen MR) is 147 cm³/mol. The molecule has 12 heteroatoms.